The zero-order valence-corrected chi connectivity index (χ0v) is 11.7. The number of hydrogen-bond acceptors (Lipinski definition) is 2. The van der Waals surface area contributed by atoms with Crippen LogP contribution >= 0.6 is 0 Å². The molecule has 1 aromatic carbocycles. The molecule has 0 N–H and O–H groups in total. The van der Waals surface area contributed by atoms with Gasteiger partial charge in [0, 0.05) is 14.2 Å². The number of nitrogens with zero attached hydrogens (tertiary/aromatic N) is 2. The van der Waals surface area contributed by atoms with Crippen molar-refractivity contribution in [3.8, 4) is 0 Å². The summed E-state index contributed by atoms with van der Waals surface area (Å²) in [5, 5.41) is 4.60. The third kappa shape index (κ3) is 3.13. The van der Waals surface area contributed by atoms with Gasteiger partial charge in [0.25, 0.3) is 0 Å². The van der Waals surface area contributed by atoms with Gasteiger partial charge in [0.05, 0.1) is 11.8 Å². The highest BCUT2D eigenvalue weighted by Gasteiger charge is 2.27. The van der Waals surface area contributed by atoms with E-state index in [-0.39, 0.29) is 6.04 Å². The van der Waals surface area contributed by atoms with Crippen LogP contribution in [0, 0.1) is 0 Å². The van der Waals surface area contributed by atoms with E-state index in [0.29, 0.717) is 0 Å². The maximum atomic E-state index is 5.71. The lowest BCUT2D eigenvalue weighted by atomic mass is 9.65. The zero-order valence-electron chi connectivity index (χ0n) is 11.7. The molecule has 0 fully saturated rings. The molecular formula is C16H17B2N2. The van der Waals surface area contributed by atoms with Crippen molar-refractivity contribution in [2.24, 2.45) is 5.10 Å². The predicted molar refractivity (Wildman–Crippen MR) is 87.8 cm³/mol. The Morgan fingerprint density at radius 3 is 2.80 bits per heavy atom. The normalized spacial score (nSPS) is 19.2. The van der Waals surface area contributed by atoms with Gasteiger partial charge in [-0.15, -0.1) is 0 Å². The quantitative estimate of drug-likeness (QED) is 0.586. The van der Waals surface area contributed by atoms with Crippen molar-refractivity contribution in [2.45, 2.75) is 19.4 Å². The summed E-state index contributed by atoms with van der Waals surface area (Å²) in [5.41, 5.74) is 3.38. The number of benzene rings is 1. The van der Waals surface area contributed by atoms with Crippen LogP contribution in [0.3, 0.4) is 0 Å². The highest BCUT2D eigenvalue weighted by Crippen LogP contribution is 2.25. The van der Waals surface area contributed by atoms with E-state index in [2.05, 4.69) is 36.0 Å². The van der Waals surface area contributed by atoms with Crippen molar-refractivity contribution >= 4 is 20.8 Å². The van der Waals surface area contributed by atoms with E-state index < -0.39 is 0 Å². The van der Waals surface area contributed by atoms with E-state index in [9.17, 15) is 0 Å². The van der Waals surface area contributed by atoms with Crippen molar-refractivity contribution < 1.29 is 0 Å². The van der Waals surface area contributed by atoms with E-state index in [1.54, 1.807) is 6.08 Å². The fourth-order valence-electron chi connectivity index (χ4n) is 2.32. The first kappa shape index (κ1) is 14.4. The second-order valence-electron chi connectivity index (χ2n) is 4.55. The molecule has 1 aliphatic heterocycles. The van der Waals surface area contributed by atoms with Gasteiger partial charge in [0.1, 0.15) is 0 Å². The molecule has 0 saturated carbocycles. The summed E-state index contributed by atoms with van der Waals surface area (Å²) in [5.74, 6) is 0. The monoisotopic (exact) mass is 259 g/mol. The Bertz CT molecular complexity index is 547. The highest BCUT2D eigenvalue weighted by atomic mass is 15.4. The first-order valence-corrected chi connectivity index (χ1v) is 6.71. The molecule has 1 heterocycles. The molecule has 1 aromatic rings. The lowest BCUT2D eigenvalue weighted by Crippen LogP contribution is -2.31. The molecule has 1 atom stereocenters. The molecule has 2 nitrogen and oxygen atoms in total. The summed E-state index contributed by atoms with van der Waals surface area (Å²) in [6, 6.07) is 10.4. The van der Waals surface area contributed by atoms with Gasteiger partial charge in [-0.1, -0.05) is 61.2 Å². The first-order valence-electron chi connectivity index (χ1n) is 6.71. The fourth-order valence-corrected chi connectivity index (χ4v) is 2.32. The minimum absolute atomic E-state index is 0.149. The van der Waals surface area contributed by atoms with Crippen molar-refractivity contribution in [2.75, 3.05) is 0 Å². The molecule has 3 radical (unpaired) electrons. The molecule has 1 unspecified atom stereocenters. The second kappa shape index (κ2) is 6.99. The molecule has 0 saturated heterocycles. The van der Waals surface area contributed by atoms with Gasteiger partial charge >= 0.3 is 0 Å². The van der Waals surface area contributed by atoms with Crippen LogP contribution in [-0.4, -0.2) is 31.7 Å². The Morgan fingerprint density at radius 1 is 1.45 bits per heavy atom. The number of rotatable bonds is 5. The average Bonchev–Trinajstić information content (AvgIpc) is 2.93. The summed E-state index contributed by atoms with van der Waals surface area (Å²) in [6.45, 7) is 5.73. The van der Waals surface area contributed by atoms with E-state index in [1.807, 2.05) is 36.1 Å². The number of allylic oxidation sites excluding steroid dienone is 3. The molecule has 0 bridgehead atoms. The molecule has 20 heavy (non-hydrogen) atoms. The van der Waals surface area contributed by atoms with Gasteiger partial charge in [-0.3, -0.25) is 0 Å². The Hall–Kier alpha value is -1.96. The summed E-state index contributed by atoms with van der Waals surface area (Å²) >= 11 is 0. The van der Waals surface area contributed by atoms with Gasteiger partial charge in [-0.05, 0) is 18.1 Å². The van der Waals surface area contributed by atoms with Gasteiger partial charge in [0.15, 0.2) is 0 Å². The summed E-state index contributed by atoms with van der Waals surface area (Å²) in [4.78, 5) is 1.82. The van der Waals surface area contributed by atoms with Crippen LogP contribution in [0.25, 0.3) is 0 Å². The Balaban J connectivity index is 2.23. The molecule has 0 aliphatic carbocycles. The molecule has 2 rings (SSSR count). The van der Waals surface area contributed by atoms with Gasteiger partial charge in [0.2, 0.25) is 7.31 Å². The lowest BCUT2D eigenvalue weighted by Gasteiger charge is -2.23. The van der Waals surface area contributed by atoms with Crippen molar-refractivity contribution in [1.82, 2.24) is 4.92 Å². The van der Waals surface area contributed by atoms with Crippen LogP contribution in [0.15, 0.2) is 71.9 Å². The summed E-state index contributed by atoms with van der Waals surface area (Å²) < 4.78 is 0. The Labute approximate surface area is 123 Å². The average molecular weight is 259 g/mol. The van der Waals surface area contributed by atoms with Crippen LogP contribution < -0.4 is 0 Å². The molecule has 0 aromatic heterocycles. The van der Waals surface area contributed by atoms with Crippen molar-refractivity contribution in [3.63, 3.8) is 0 Å². The van der Waals surface area contributed by atoms with E-state index >= 15 is 0 Å². The molecule has 0 amide bonds. The number of hydrazone groups is 1. The Morgan fingerprint density at radius 2 is 2.20 bits per heavy atom. The largest absolute Gasteiger partial charge is 0.349 e. The fraction of sp³-hybridized carbons (Fsp3) is 0.188. The van der Waals surface area contributed by atoms with Crippen LogP contribution in [0.4, 0.5) is 0 Å². The minimum atomic E-state index is 0.149. The lowest BCUT2D eigenvalue weighted by molar-refractivity contribution is 0.437. The predicted octanol–water partition coefficient (Wildman–Crippen LogP) is 2.86. The molecule has 0 spiro atoms. The highest BCUT2D eigenvalue weighted by molar-refractivity contribution is 6.87. The third-order valence-electron chi connectivity index (χ3n) is 3.34. The first-order chi connectivity index (χ1) is 9.80. The van der Waals surface area contributed by atoms with E-state index in [0.717, 1.165) is 17.7 Å². The van der Waals surface area contributed by atoms with Gasteiger partial charge in [-0.25, -0.2) is 0 Å². The van der Waals surface area contributed by atoms with Gasteiger partial charge in [-0.2, -0.15) is 5.10 Å². The van der Waals surface area contributed by atoms with Crippen molar-refractivity contribution in [3.05, 3.63) is 72.4 Å². The molecular weight excluding hydrogens is 242 g/mol. The Kier molecular flexibility index (Phi) is 5.05. The topological polar surface area (TPSA) is 15.6 Å². The van der Waals surface area contributed by atoms with Crippen molar-refractivity contribution in [1.29, 1.82) is 0 Å². The van der Waals surface area contributed by atoms with Crippen LogP contribution in [0.2, 0.25) is 0 Å². The minimum Gasteiger partial charge on any atom is -0.349 e. The summed E-state index contributed by atoms with van der Waals surface area (Å²) in [6.07, 6.45) is 8.69. The van der Waals surface area contributed by atoms with E-state index in [4.69, 9.17) is 7.74 Å². The standard InChI is InChI=1S/C16H17B2N2/c1-3-5-9-13(4-2)16-12-15(19-20(16)18-17)14-10-7-6-8-11-14/h3-11,16H,1,12H2,2H3/b9-5-,13-4+. The summed E-state index contributed by atoms with van der Waals surface area (Å²) in [7, 11) is 7.24. The maximum absolute atomic E-state index is 5.71. The number of hydrogen-bond donors (Lipinski definition) is 0. The molecule has 1 aliphatic rings. The molecule has 97 valence electrons. The zero-order chi connectivity index (χ0) is 14.4. The van der Waals surface area contributed by atoms with Gasteiger partial charge < -0.3 is 4.92 Å². The third-order valence-corrected chi connectivity index (χ3v) is 3.34. The molecule has 4 heteroatoms. The smallest absolute Gasteiger partial charge is 0.212 e. The van der Waals surface area contributed by atoms with E-state index in [1.165, 1.54) is 12.9 Å². The van der Waals surface area contributed by atoms with Crippen LogP contribution in [0.5, 0.6) is 0 Å². The van der Waals surface area contributed by atoms with Crippen LogP contribution in [0.1, 0.15) is 18.9 Å². The maximum Gasteiger partial charge on any atom is 0.212 e. The SMILES string of the molecule is [B][B]N1N=C(c2ccccc2)CC1C(/C=C\C=C)=C/C. The van der Waals surface area contributed by atoms with Crippen LogP contribution in [-0.2, 0) is 0 Å². The second-order valence-corrected chi connectivity index (χ2v) is 4.55.